The number of imidazole rings is 1. The average Bonchev–Trinajstić information content (AvgIpc) is 2.88. The molecule has 21 heavy (non-hydrogen) atoms. The first-order valence-electron chi connectivity index (χ1n) is 8.14. The van der Waals surface area contributed by atoms with Crippen LogP contribution >= 0.6 is 0 Å². The van der Waals surface area contributed by atoms with Crippen LogP contribution in [0.25, 0.3) is 0 Å². The lowest BCUT2D eigenvalue weighted by atomic mass is 10.0. The Morgan fingerprint density at radius 3 is 3.00 bits per heavy atom. The number of aromatic nitrogens is 2. The molecule has 1 atom stereocenters. The fraction of sp³-hybridized carbons (Fsp3) is 0.750. The largest absolute Gasteiger partial charge is 0.356 e. The minimum Gasteiger partial charge on any atom is -0.356 e. The molecule has 0 amide bonds. The highest BCUT2D eigenvalue weighted by Gasteiger charge is 2.18. The van der Waals surface area contributed by atoms with E-state index in [4.69, 9.17) is 0 Å². The Bertz CT molecular complexity index is 451. The Morgan fingerprint density at radius 2 is 2.33 bits per heavy atom. The molecule has 0 radical (unpaired) electrons. The maximum Gasteiger partial charge on any atom is 0.193 e. The molecule has 1 unspecified atom stereocenters. The number of hydrogen-bond donors (Lipinski definition) is 1. The third-order valence-corrected chi connectivity index (χ3v) is 4.20. The zero-order chi connectivity index (χ0) is 15.1. The molecule has 0 bridgehead atoms. The molecule has 2 heterocycles. The van der Waals surface area contributed by atoms with Crippen molar-refractivity contribution in [1.29, 1.82) is 0 Å². The second-order valence-corrected chi connectivity index (χ2v) is 6.04. The topological polar surface area (TPSA) is 45.5 Å². The molecule has 1 aliphatic rings. The smallest absolute Gasteiger partial charge is 0.193 e. The maximum absolute atomic E-state index is 4.42. The first kappa shape index (κ1) is 15.9. The Balaban J connectivity index is 1.66. The molecule has 0 saturated carbocycles. The lowest BCUT2D eigenvalue weighted by Gasteiger charge is -2.33. The highest BCUT2D eigenvalue weighted by atomic mass is 15.3. The van der Waals surface area contributed by atoms with Crippen molar-refractivity contribution in [3.05, 3.63) is 18.2 Å². The molecule has 1 fully saturated rings. The summed E-state index contributed by atoms with van der Waals surface area (Å²) in [4.78, 5) is 11.1. The zero-order valence-corrected chi connectivity index (χ0v) is 13.7. The molecule has 5 nitrogen and oxygen atoms in total. The second kappa shape index (κ2) is 8.05. The summed E-state index contributed by atoms with van der Waals surface area (Å²) in [6, 6.07) is 0. The molecule has 1 N–H and O–H groups in total. The molecular weight excluding hydrogens is 262 g/mol. The van der Waals surface area contributed by atoms with Gasteiger partial charge in [0.15, 0.2) is 5.96 Å². The molecule has 118 valence electrons. The fourth-order valence-corrected chi connectivity index (χ4v) is 2.96. The minimum absolute atomic E-state index is 0.779. The molecule has 0 spiro atoms. The average molecular weight is 291 g/mol. The van der Waals surface area contributed by atoms with Crippen LogP contribution < -0.4 is 5.32 Å². The SMILES string of the molecule is CN=C(NCCCCn1ccnc1C)N1CCCC(C)C1. The van der Waals surface area contributed by atoms with Gasteiger partial charge in [-0.3, -0.25) is 4.99 Å². The van der Waals surface area contributed by atoms with Gasteiger partial charge >= 0.3 is 0 Å². The van der Waals surface area contributed by atoms with Gasteiger partial charge in [-0.05, 0) is 38.5 Å². The predicted molar refractivity (Wildman–Crippen MR) is 87.5 cm³/mol. The van der Waals surface area contributed by atoms with Gasteiger partial charge < -0.3 is 14.8 Å². The number of likely N-dealkylation sites (tertiary alicyclic amines) is 1. The van der Waals surface area contributed by atoms with E-state index in [1.54, 1.807) is 0 Å². The first-order valence-corrected chi connectivity index (χ1v) is 8.14. The van der Waals surface area contributed by atoms with E-state index in [9.17, 15) is 0 Å². The van der Waals surface area contributed by atoms with Crippen molar-refractivity contribution >= 4 is 5.96 Å². The van der Waals surface area contributed by atoms with Gasteiger partial charge in [0.2, 0.25) is 0 Å². The number of nitrogens with one attached hydrogen (secondary N) is 1. The predicted octanol–water partition coefficient (Wildman–Crippen LogP) is 2.28. The molecule has 2 rings (SSSR count). The molecule has 1 aromatic heterocycles. The number of guanidine groups is 1. The Labute approximate surface area is 128 Å². The quantitative estimate of drug-likeness (QED) is 0.514. The van der Waals surface area contributed by atoms with Crippen LogP contribution in [-0.2, 0) is 6.54 Å². The van der Waals surface area contributed by atoms with Gasteiger partial charge in [-0.1, -0.05) is 6.92 Å². The van der Waals surface area contributed by atoms with Crippen molar-refractivity contribution in [3.8, 4) is 0 Å². The zero-order valence-electron chi connectivity index (χ0n) is 13.7. The number of aryl methyl sites for hydroxylation is 2. The number of piperidine rings is 1. The van der Waals surface area contributed by atoms with Gasteiger partial charge in [0, 0.05) is 45.6 Å². The molecule has 0 aliphatic carbocycles. The minimum atomic E-state index is 0.779. The fourth-order valence-electron chi connectivity index (χ4n) is 2.96. The van der Waals surface area contributed by atoms with Crippen LogP contribution in [0.2, 0.25) is 0 Å². The standard InChI is InChI=1S/C16H29N5/c1-14-7-6-11-21(13-14)16(17-3)19-8-4-5-10-20-12-9-18-15(20)2/h9,12,14H,4-8,10-11,13H2,1-3H3,(H,17,19). The van der Waals surface area contributed by atoms with Gasteiger partial charge in [0.25, 0.3) is 0 Å². The number of hydrogen-bond acceptors (Lipinski definition) is 2. The summed E-state index contributed by atoms with van der Waals surface area (Å²) in [6.07, 6.45) is 8.86. The molecule has 0 aromatic carbocycles. The third kappa shape index (κ3) is 4.76. The van der Waals surface area contributed by atoms with Crippen molar-refractivity contribution < 1.29 is 0 Å². The van der Waals surface area contributed by atoms with E-state index in [1.807, 2.05) is 13.2 Å². The van der Waals surface area contributed by atoms with Crippen LogP contribution in [0, 0.1) is 12.8 Å². The summed E-state index contributed by atoms with van der Waals surface area (Å²) < 4.78 is 2.21. The number of nitrogens with zero attached hydrogens (tertiary/aromatic N) is 4. The molecule has 1 aliphatic heterocycles. The highest BCUT2D eigenvalue weighted by Crippen LogP contribution is 2.15. The first-order chi connectivity index (χ1) is 10.2. The summed E-state index contributed by atoms with van der Waals surface area (Å²) in [6.45, 7) is 8.69. The van der Waals surface area contributed by atoms with E-state index in [1.165, 1.54) is 12.8 Å². The summed E-state index contributed by atoms with van der Waals surface area (Å²) in [5.41, 5.74) is 0. The van der Waals surface area contributed by atoms with Crippen LogP contribution in [0.5, 0.6) is 0 Å². The van der Waals surface area contributed by atoms with Crippen LogP contribution in [0.3, 0.4) is 0 Å². The van der Waals surface area contributed by atoms with Gasteiger partial charge in [0.05, 0.1) is 0 Å². The van der Waals surface area contributed by atoms with E-state index < -0.39 is 0 Å². The van der Waals surface area contributed by atoms with E-state index in [0.29, 0.717) is 0 Å². The van der Waals surface area contributed by atoms with Crippen LogP contribution in [0.15, 0.2) is 17.4 Å². The Kier molecular flexibility index (Phi) is 6.08. The second-order valence-electron chi connectivity index (χ2n) is 6.04. The number of unbranched alkanes of at least 4 members (excludes halogenated alkanes) is 1. The van der Waals surface area contributed by atoms with Crippen molar-refractivity contribution in [2.45, 2.75) is 46.1 Å². The van der Waals surface area contributed by atoms with Crippen molar-refractivity contribution in [2.75, 3.05) is 26.7 Å². The summed E-state index contributed by atoms with van der Waals surface area (Å²) in [5, 5.41) is 3.51. The van der Waals surface area contributed by atoms with Gasteiger partial charge in [0.1, 0.15) is 5.82 Å². The number of rotatable bonds is 5. The normalized spacial score (nSPS) is 19.9. The Hall–Kier alpha value is -1.52. The summed E-state index contributed by atoms with van der Waals surface area (Å²) in [5.74, 6) is 2.95. The van der Waals surface area contributed by atoms with E-state index in [2.05, 4.69) is 44.8 Å². The third-order valence-electron chi connectivity index (χ3n) is 4.20. The number of aliphatic imine (C=N–C) groups is 1. The van der Waals surface area contributed by atoms with Crippen LogP contribution in [0.4, 0.5) is 0 Å². The van der Waals surface area contributed by atoms with Crippen molar-refractivity contribution in [3.63, 3.8) is 0 Å². The van der Waals surface area contributed by atoms with E-state index >= 15 is 0 Å². The van der Waals surface area contributed by atoms with E-state index in [-0.39, 0.29) is 0 Å². The molecule has 1 aromatic rings. The van der Waals surface area contributed by atoms with Crippen LogP contribution in [-0.4, -0.2) is 47.1 Å². The maximum atomic E-state index is 4.42. The van der Waals surface area contributed by atoms with Crippen molar-refractivity contribution in [1.82, 2.24) is 19.8 Å². The van der Waals surface area contributed by atoms with Gasteiger partial charge in [-0.15, -0.1) is 0 Å². The monoisotopic (exact) mass is 291 g/mol. The van der Waals surface area contributed by atoms with Gasteiger partial charge in [-0.2, -0.15) is 0 Å². The van der Waals surface area contributed by atoms with Gasteiger partial charge in [-0.25, -0.2) is 4.98 Å². The molecule has 5 heteroatoms. The molecule has 1 saturated heterocycles. The Morgan fingerprint density at radius 1 is 1.48 bits per heavy atom. The highest BCUT2D eigenvalue weighted by molar-refractivity contribution is 5.79. The van der Waals surface area contributed by atoms with E-state index in [0.717, 1.165) is 56.7 Å². The lowest BCUT2D eigenvalue weighted by molar-refractivity contribution is 0.266. The summed E-state index contributed by atoms with van der Waals surface area (Å²) in [7, 11) is 1.89. The van der Waals surface area contributed by atoms with Crippen molar-refractivity contribution in [2.24, 2.45) is 10.9 Å². The summed E-state index contributed by atoms with van der Waals surface area (Å²) >= 11 is 0. The van der Waals surface area contributed by atoms with Crippen LogP contribution in [0.1, 0.15) is 38.4 Å². The lowest BCUT2D eigenvalue weighted by Crippen LogP contribution is -2.46. The molecular formula is C16H29N5.